The Morgan fingerprint density at radius 2 is 2.17 bits per heavy atom. The molecule has 0 saturated carbocycles. The van der Waals surface area contributed by atoms with Crippen LogP contribution in [-0.4, -0.2) is 22.5 Å². The second kappa shape index (κ2) is 7.49. The first-order chi connectivity index (χ1) is 11.7. The molecule has 2 aromatic heterocycles. The van der Waals surface area contributed by atoms with Gasteiger partial charge >= 0.3 is 5.97 Å². The number of aromatic nitrogens is 2. The van der Waals surface area contributed by atoms with E-state index in [1.165, 1.54) is 0 Å². The number of halogens is 1. The summed E-state index contributed by atoms with van der Waals surface area (Å²) in [5.74, 6) is -0.158. The Bertz CT molecular complexity index is 843. The zero-order valence-electron chi connectivity index (χ0n) is 13.5. The summed E-state index contributed by atoms with van der Waals surface area (Å²) in [4.78, 5) is 19.5. The third kappa shape index (κ3) is 3.60. The molecule has 1 aromatic carbocycles. The van der Waals surface area contributed by atoms with Crippen LogP contribution in [0.3, 0.4) is 0 Å². The van der Waals surface area contributed by atoms with E-state index in [0.29, 0.717) is 18.1 Å². The number of nitrogens with zero attached hydrogens (tertiary/aromatic N) is 1. The van der Waals surface area contributed by atoms with Gasteiger partial charge in [0, 0.05) is 28.5 Å². The number of hydrogen-bond acceptors (Lipinski definition) is 3. The van der Waals surface area contributed by atoms with Crippen molar-refractivity contribution < 1.29 is 9.53 Å². The van der Waals surface area contributed by atoms with Crippen LogP contribution in [0.25, 0.3) is 22.3 Å². The van der Waals surface area contributed by atoms with E-state index in [0.717, 1.165) is 40.7 Å². The molecule has 0 aliphatic rings. The highest BCUT2D eigenvalue weighted by Gasteiger charge is 2.15. The number of aromatic amines is 1. The van der Waals surface area contributed by atoms with Crippen molar-refractivity contribution in [1.82, 2.24) is 9.97 Å². The first-order valence-electron chi connectivity index (χ1n) is 8.06. The number of benzene rings is 1. The van der Waals surface area contributed by atoms with Gasteiger partial charge in [0.25, 0.3) is 0 Å². The van der Waals surface area contributed by atoms with Gasteiger partial charge in [-0.15, -0.1) is 0 Å². The Labute approximate surface area is 145 Å². The predicted octanol–water partition coefficient (Wildman–Crippen LogP) is 4.77. The molecule has 0 fully saturated rings. The fourth-order valence-corrected chi connectivity index (χ4v) is 3.02. The van der Waals surface area contributed by atoms with Gasteiger partial charge in [0.05, 0.1) is 18.0 Å². The van der Waals surface area contributed by atoms with E-state index in [9.17, 15) is 4.79 Å². The second-order valence-electron chi connectivity index (χ2n) is 5.54. The molecule has 1 N–H and O–H groups in total. The summed E-state index contributed by atoms with van der Waals surface area (Å²) in [5, 5.41) is 1.77. The number of pyridine rings is 1. The fraction of sp³-hybridized carbons (Fsp3) is 0.263. The van der Waals surface area contributed by atoms with Gasteiger partial charge in [0.1, 0.15) is 0 Å². The van der Waals surface area contributed by atoms with E-state index in [2.05, 4.69) is 9.97 Å². The lowest BCUT2D eigenvalue weighted by Gasteiger charge is -2.05. The third-order valence-electron chi connectivity index (χ3n) is 3.90. The fourth-order valence-electron chi connectivity index (χ4n) is 2.85. The quantitative estimate of drug-likeness (QED) is 0.656. The molecule has 0 spiro atoms. The smallest absolute Gasteiger partial charge is 0.305 e. The highest BCUT2D eigenvalue weighted by atomic mass is 35.5. The Morgan fingerprint density at radius 3 is 2.92 bits per heavy atom. The van der Waals surface area contributed by atoms with Crippen LogP contribution in [0, 0.1) is 0 Å². The Kier molecular flexibility index (Phi) is 5.16. The maximum absolute atomic E-state index is 11.6. The number of hydrogen-bond donors (Lipinski definition) is 1. The number of aryl methyl sites for hydroxylation is 1. The molecule has 0 aliphatic heterocycles. The number of nitrogens with one attached hydrogen (secondary N) is 1. The number of fused-ring (bicyclic) bond motifs is 1. The van der Waals surface area contributed by atoms with Crippen LogP contribution < -0.4 is 0 Å². The van der Waals surface area contributed by atoms with Gasteiger partial charge in [-0.3, -0.25) is 9.78 Å². The van der Waals surface area contributed by atoms with Gasteiger partial charge < -0.3 is 9.72 Å². The monoisotopic (exact) mass is 342 g/mol. The highest BCUT2D eigenvalue weighted by Crippen LogP contribution is 2.32. The van der Waals surface area contributed by atoms with Crippen molar-refractivity contribution >= 4 is 28.5 Å². The number of ether oxygens (including phenoxy) is 1. The van der Waals surface area contributed by atoms with Crippen LogP contribution in [0.15, 0.2) is 42.6 Å². The predicted molar refractivity (Wildman–Crippen MR) is 96.1 cm³/mol. The molecule has 0 radical (unpaired) electrons. The lowest BCUT2D eigenvalue weighted by Crippen LogP contribution is -2.04. The number of esters is 1. The molecule has 5 heteroatoms. The molecular formula is C19H19ClN2O2. The van der Waals surface area contributed by atoms with Crippen LogP contribution >= 0.6 is 11.6 Å². The van der Waals surface area contributed by atoms with Crippen LogP contribution in [-0.2, 0) is 16.0 Å². The molecule has 0 amide bonds. The van der Waals surface area contributed by atoms with Gasteiger partial charge in [-0.2, -0.15) is 0 Å². The maximum atomic E-state index is 11.6. The summed E-state index contributed by atoms with van der Waals surface area (Å²) in [6, 6.07) is 11.6. The number of rotatable bonds is 6. The minimum Gasteiger partial charge on any atom is -0.466 e. The van der Waals surface area contributed by atoms with E-state index in [1.807, 2.05) is 43.3 Å². The van der Waals surface area contributed by atoms with E-state index in [4.69, 9.17) is 16.3 Å². The summed E-state index contributed by atoms with van der Waals surface area (Å²) < 4.78 is 5.00. The second-order valence-corrected chi connectivity index (χ2v) is 5.98. The summed E-state index contributed by atoms with van der Waals surface area (Å²) in [5.41, 5.74) is 4.02. The summed E-state index contributed by atoms with van der Waals surface area (Å²) in [6.07, 6.45) is 3.65. The molecule has 124 valence electrons. The lowest BCUT2D eigenvalue weighted by atomic mass is 10.0. The van der Waals surface area contributed by atoms with E-state index in [-0.39, 0.29) is 5.97 Å². The minimum atomic E-state index is -0.158. The van der Waals surface area contributed by atoms with Crippen LogP contribution in [0.5, 0.6) is 0 Å². The molecule has 3 aromatic rings. The largest absolute Gasteiger partial charge is 0.466 e. The van der Waals surface area contributed by atoms with Crippen molar-refractivity contribution in [3.05, 3.63) is 53.2 Å². The summed E-state index contributed by atoms with van der Waals surface area (Å²) >= 11 is 6.17. The molecule has 4 nitrogen and oxygen atoms in total. The van der Waals surface area contributed by atoms with Gasteiger partial charge in [-0.25, -0.2) is 0 Å². The van der Waals surface area contributed by atoms with Crippen molar-refractivity contribution in [1.29, 1.82) is 0 Å². The van der Waals surface area contributed by atoms with Crippen molar-refractivity contribution in [2.24, 2.45) is 0 Å². The molecule has 0 atom stereocenters. The standard InChI is InChI=1S/C19H19ClN2O2/c1-2-24-18(23)8-5-6-14-15-12-13(20)9-10-16(15)22-19(14)17-7-3-4-11-21-17/h3-4,7,9-12,22H,2,5-6,8H2,1H3. The molecule has 0 bridgehead atoms. The molecular weight excluding hydrogens is 324 g/mol. The topological polar surface area (TPSA) is 55.0 Å². The Hall–Kier alpha value is -2.33. The Morgan fingerprint density at radius 1 is 1.29 bits per heavy atom. The number of H-pyrrole nitrogens is 1. The van der Waals surface area contributed by atoms with E-state index in [1.54, 1.807) is 6.20 Å². The number of carbonyl (C=O) groups excluding carboxylic acids is 1. The number of carbonyl (C=O) groups is 1. The van der Waals surface area contributed by atoms with Crippen molar-refractivity contribution in [3.63, 3.8) is 0 Å². The zero-order chi connectivity index (χ0) is 16.9. The molecule has 0 aliphatic carbocycles. The molecule has 2 heterocycles. The summed E-state index contributed by atoms with van der Waals surface area (Å²) in [6.45, 7) is 2.24. The van der Waals surface area contributed by atoms with Crippen molar-refractivity contribution in [2.45, 2.75) is 26.2 Å². The van der Waals surface area contributed by atoms with Gasteiger partial charge in [0.2, 0.25) is 0 Å². The van der Waals surface area contributed by atoms with E-state index < -0.39 is 0 Å². The first-order valence-corrected chi connectivity index (χ1v) is 8.44. The van der Waals surface area contributed by atoms with Gasteiger partial charge in [-0.1, -0.05) is 17.7 Å². The van der Waals surface area contributed by atoms with Gasteiger partial charge in [-0.05, 0) is 55.7 Å². The van der Waals surface area contributed by atoms with Gasteiger partial charge in [0.15, 0.2) is 0 Å². The molecule has 24 heavy (non-hydrogen) atoms. The maximum Gasteiger partial charge on any atom is 0.305 e. The van der Waals surface area contributed by atoms with Crippen molar-refractivity contribution in [2.75, 3.05) is 6.61 Å². The zero-order valence-corrected chi connectivity index (χ0v) is 14.3. The van der Waals surface area contributed by atoms with Crippen LogP contribution in [0.2, 0.25) is 5.02 Å². The Balaban J connectivity index is 1.94. The van der Waals surface area contributed by atoms with E-state index >= 15 is 0 Å². The molecule has 0 saturated heterocycles. The normalized spacial score (nSPS) is 10.9. The summed E-state index contributed by atoms with van der Waals surface area (Å²) in [7, 11) is 0. The third-order valence-corrected chi connectivity index (χ3v) is 4.14. The average molecular weight is 343 g/mol. The highest BCUT2D eigenvalue weighted by molar-refractivity contribution is 6.31. The lowest BCUT2D eigenvalue weighted by molar-refractivity contribution is -0.143. The molecule has 3 rings (SSSR count). The minimum absolute atomic E-state index is 0.158. The SMILES string of the molecule is CCOC(=O)CCCc1c(-c2ccccn2)[nH]c2ccc(Cl)cc12. The average Bonchev–Trinajstić information content (AvgIpc) is 2.94. The van der Waals surface area contributed by atoms with Crippen molar-refractivity contribution in [3.8, 4) is 11.4 Å². The first kappa shape index (κ1) is 16.5. The molecule has 0 unspecified atom stereocenters. The van der Waals surface area contributed by atoms with Crippen LogP contribution in [0.1, 0.15) is 25.3 Å². The van der Waals surface area contributed by atoms with Crippen LogP contribution in [0.4, 0.5) is 0 Å².